The number of hydrogen-bond donors (Lipinski definition) is 2. The lowest BCUT2D eigenvalue weighted by atomic mass is 10.1. The van der Waals surface area contributed by atoms with Crippen LogP contribution in [-0.2, 0) is 0 Å². The monoisotopic (exact) mass is 296 g/mol. The number of anilines is 1. The quantitative estimate of drug-likeness (QED) is 0.843. The van der Waals surface area contributed by atoms with Crippen LogP contribution in [0.1, 0.15) is 29.3 Å². The SMILES string of the molecule is Cc1c(N)cc(Br)cc1C(=O)NCC1CC1C. The minimum Gasteiger partial charge on any atom is -0.398 e. The zero-order valence-corrected chi connectivity index (χ0v) is 11.7. The van der Waals surface area contributed by atoms with Crippen molar-refractivity contribution in [2.24, 2.45) is 11.8 Å². The zero-order chi connectivity index (χ0) is 12.6. The fourth-order valence-electron chi connectivity index (χ4n) is 1.94. The predicted molar refractivity (Wildman–Crippen MR) is 72.9 cm³/mol. The van der Waals surface area contributed by atoms with Crippen LogP contribution >= 0.6 is 15.9 Å². The largest absolute Gasteiger partial charge is 0.398 e. The fourth-order valence-corrected chi connectivity index (χ4v) is 2.41. The van der Waals surface area contributed by atoms with Gasteiger partial charge < -0.3 is 11.1 Å². The average molecular weight is 297 g/mol. The van der Waals surface area contributed by atoms with Crippen molar-refractivity contribution in [2.45, 2.75) is 20.3 Å². The third kappa shape index (κ3) is 2.80. The lowest BCUT2D eigenvalue weighted by Gasteiger charge is -2.10. The summed E-state index contributed by atoms with van der Waals surface area (Å²) in [5.74, 6) is 1.38. The number of rotatable bonds is 3. The van der Waals surface area contributed by atoms with Crippen molar-refractivity contribution >= 4 is 27.5 Å². The number of hydrogen-bond acceptors (Lipinski definition) is 2. The molecule has 0 bridgehead atoms. The van der Waals surface area contributed by atoms with E-state index in [2.05, 4.69) is 28.2 Å². The number of halogens is 1. The van der Waals surface area contributed by atoms with Gasteiger partial charge in [0.15, 0.2) is 0 Å². The van der Waals surface area contributed by atoms with Crippen LogP contribution in [0.4, 0.5) is 5.69 Å². The maximum Gasteiger partial charge on any atom is 0.251 e. The van der Waals surface area contributed by atoms with Gasteiger partial charge in [0.2, 0.25) is 0 Å². The van der Waals surface area contributed by atoms with Gasteiger partial charge in [-0.2, -0.15) is 0 Å². The number of carbonyl (C=O) groups is 1. The first-order chi connectivity index (χ1) is 7.99. The summed E-state index contributed by atoms with van der Waals surface area (Å²) in [5.41, 5.74) is 7.98. The first-order valence-electron chi connectivity index (χ1n) is 5.83. The Bertz CT molecular complexity index is 459. The molecule has 1 aliphatic rings. The second kappa shape index (κ2) is 4.69. The molecule has 1 saturated carbocycles. The van der Waals surface area contributed by atoms with E-state index in [1.165, 1.54) is 6.42 Å². The van der Waals surface area contributed by atoms with Crippen LogP contribution < -0.4 is 11.1 Å². The van der Waals surface area contributed by atoms with E-state index in [0.717, 1.165) is 22.5 Å². The highest BCUT2D eigenvalue weighted by Crippen LogP contribution is 2.36. The maximum atomic E-state index is 12.0. The van der Waals surface area contributed by atoms with Crippen LogP contribution in [-0.4, -0.2) is 12.5 Å². The Morgan fingerprint density at radius 1 is 1.59 bits per heavy atom. The zero-order valence-electron chi connectivity index (χ0n) is 10.1. The molecule has 4 heteroatoms. The summed E-state index contributed by atoms with van der Waals surface area (Å²) in [5, 5.41) is 2.97. The molecule has 17 heavy (non-hydrogen) atoms. The summed E-state index contributed by atoms with van der Waals surface area (Å²) >= 11 is 3.36. The van der Waals surface area contributed by atoms with Crippen LogP contribution in [0.2, 0.25) is 0 Å². The summed E-state index contributed by atoms with van der Waals surface area (Å²) in [6.45, 7) is 4.85. The van der Waals surface area contributed by atoms with Gasteiger partial charge in [-0.05, 0) is 42.9 Å². The van der Waals surface area contributed by atoms with E-state index >= 15 is 0 Å². The highest BCUT2D eigenvalue weighted by molar-refractivity contribution is 9.10. The summed E-state index contributed by atoms with van der Waals surface area (Å²) in [7, 11) is 0. The predicted octanol–water partition coefficient (Wildman–Crippen LogP) is 2.73. The molecular weight excluding hydrogens is 280 g/mol. The molecule has 2 unspecified atom stereocenters. The minimum absolute atomic E-state index is 0.0328. The van der Waals surface area contributed by atoms with Gasteiger partial charge in [0.25, 0.3) is 5.91 Å². The van der Waals surface area contributed by atoms with Crippen LogP contribution in [0, 0.1) is 18.8 Å². The first kappa shape index (κ1) is 12.4. The Hall–Kier alpha value is -1.03. The summed E-state index contributed by atoms with van der Waals surface area (Å²) < 4.78 is 0.838. The lowest BCUT2D eigenvalue weighted by Crippen LogP contribution is -2.26. The topological polar surface area (TPSA) is 55.1 Å². The van der Waals surface area contributed by atoms with E-state index in [1.54, 1.807) is 0 Å². The van der Waals surface area contributed by atoms with E-state index in [4.69, 9.17) is 5.73 Å². The Morgan fingerprint density at radius 2 is 2.24 bits per heavy atom. The van der Waals surface area contributed by atoms with Crippen LogP contribution in [0.15, 0.2) is 16.6 Å². The lowest BCUT2D eigenvalue weighted by molar-refractivity contribution is 0.0950. The smallest absolute Gasteiger partial charge is 0.251 e. The van der Waals surface area contributed by atoms with Gasteiger partial charge >= 0.3 is 0 Å². The highest BCUT2D eigenvalue weighted by Gasteiger charge is 2.32. The van der Waals surface area contributed by atoms with E-state index in [0.29, 0.717) is 17.2 Å². The summed E-state index contributed by atoms with van der Waals surface area (Å²) in [6.07, 6.45) is 1.22. The van der Waals surface area contributed by atoms with Crippen LogP contribution in [0.5, 0.6) is 0 Å². The third-order valence-electron chi connectivity index (χ3n) is 3.46. The molecule has 2 rings (SSSR count). The van der Waals surface area contributed by atoms with Gasteiger partial charge in [-0.15, -0.1) is 0 Å². The van der Waals surface area contributed by atoms with Gasteiger partial charge in [-0.1, -0.05) is 22.9 Å². The molecule has 3 N–H and O–H groups in total. The number of benzene rings is 1. The molecule has 2 atom stereocenters. The Balaban J connectivity index is 2.07. The normalized spacial score (nSPS) is 22.3. The fraction of sp³-hybridized carbons (Fsp3) is 0.462. The van der Waals surface area contributed by atoms with Gasteiger partial charge in [-0.25, -0.2) is 0 Å². The van der Waals surface area contributed by atoms with Gasteiger partial charge in [0, 0.05) is 22.3 Å². The van der Waals surface area contributed by atoms with E-state index in [-0.39, 0.29) is 5.91 Å². The van der Waals surface area contributed by atoms with E-state index in [1.807, 2.05) is 19.1 Å². The number of amides is 1. The second-order valence-electron chi connectivity index (χ2n) is 4.85. The van der Waals surface area contributed by atoms with Crippen molar-refractivity contribution < 1.29 is 4.79 Å². The molecule has 0 saturated heterocycles. The molecule has 0 radical (unpaired) electrons. The number of carbonyl (C=O) groups excluding carboxylic acids is 1. The molecular formula is C13H17BrN2O. The van der Waals surface area contributed by atoms with Crippen molar-refractivity contribution in [3.63, 3.8) is 0 Å². The number of nitrogens with one attached hydrogen (secondary N) is 1. The molecule has 0 spiro atoms. The molecule has 1 aromatic carbocycles. The molecule has 0 aliphatic heterocycles. The second-order valence-corrected chi connectivity index (χ2v) is 5.77. The molecule has 1 aromatic rings. The number of nitrogens with two attached hydrogens (primary N) is 1. The van der Waals surface area contributed by atoms with Crippen molar-refractivity contribution in [1.29, 1.82) is 0 Å². The Labute approximate surface area is 110 Å². The first-order valence-corrected chi connectivity index (χ1v) is 6.62. The van der Waals surface area contributed by atoms with Gasteiger partial charge in [-0.3, -0.25) is 4.79 Å². The standard InChI is InChI=1S/C13H17BrN2O/c1-7-3-9(7)6-16-13(17)11-4-10(14)5-12(15)8(11)2/h4-5,7,9H,3,6,15H2,1-2H3,(H,16,17). The minimum atomic E-state index is -0.0328. The van der Waals surface area contributed by atoms with Gasteiger partial charge in [0.05, 0.1) is 0 Å². The van der Waals surface area contributed by atoms with Crippen LogP contribution in [0.3, 0.4) is 0 Å². The van der Waals surface area contributed by atoms with Crippen molar-refractivity contribution in [3.8, 4) is 0 Å². The van der Waals surface area contributed by atoms with Crippen molar-refractivity contribution in [3.05, 3.63) is 27.7 Å². The molecule has 92 valence electrons. The number of nitrogen functional groups attached to an aromatic ring is 1. The molecule has 1 amide bonds. The summed E-state index contributed by atoms with van der Waals surface area (Å²) in [4.78, 5) is 12.0. The molecule has 1 aliphatic carbocycles. The highest BCUT2D eigenvalue weighted by atomic mass is 79.9. The molecule has 1 fully saturated rings. The molecule has 3 nitrogen and oxygen atoms in total. The summed E-state index contributed by atoms with van der Waals surface area (Å²) in [6, 6.07) is 3.63. The Morgan fingerprint density at radius 3 is 2.82 bits per heavy atom. The average Bonchev–Trinajstić information content (AvgIpc) is 2.96. The molecule has 0 heterocycles. The maximum absolute atomic E-state index is 12.0. The van der Waals surface area contributed by atoms with E-state index < -0.39 is 0 Å². The van der Waals surface area contributed by atoms with Crippen molar-refractivity contribution in [2.75, 3.05) is 12.3 Å². The molecule has 0 aromatic heterocycles. The van der Waals surface area contributed by atoms with Crippen LogP contribution in [0.25, 0.3) is 0 Å². The van der Waals surface area contributed by atoms with Crippen molar-refractivity contribution in [1.82, 2.24) is 5.32 Å². The third-order valence-corrected chi connectivity index (χ3v) is 3.92. The van der Waals surface area contributed by atoms with Gasteiger partial charge in [0.1, 0.15) is 0 Å². The van der Waals surface area contributed by atoms with E-state index in [9.17, 15) is 4.79 Å². The Kier molecular flexibility index (Phi) is 3.43.